The van der Waals surface area contributed by atoms with E-state index in [1.807, 2.05) is 17.2 Å². The van der Waals surface area contributed by atoms with Gasteiger partial charge in [-0.05, 0) is 74.3 Å². The number of amides is 1. The van der Waals surface area contributed by atoms with Gasteiger partial charge in [0.15, 0.2) is 0 Å². The van der Waals surface area contributed by atoms with Crippen LogP contribution < -0.4 is 15.1 Å². The van der Waals surface area contributed by atoms with Crippen molar-refractivity contribution in [2.45, 2.75) is 63.3 Å². The second-order valence-electron chi connectivity index (χ2n) is 13.0. The third-order valence-electron chi connectivity index (χ3n) is 10.0. The lowest BCUT2D eigenvalue weighted by atomic mass is 9.87. The van der Waals surface area contributed by atoms with E-state index in [4.69, 9.17) is 14.7 Å². The molecule has 3 aromatic rings. The molecule has 238 valence electrons. The van der Waals surface area contributed by atoms with Crippen molar-refractivity contribution >= 4 is 49.8 Å². The van der Waals surface area contributed by atoms with Crippen LogP contribution in [0, 0.1) is 5.92 Å². The first-order valence-electron chi connectivity index (χ1n) is 16.0. The second-order valence-corrected chi connectivity index (χ2v) is 15.2. The number of benzene rings is 1. The molecule has 0 spiro atoms. The Morgan fingerprint density at radius 2 is 1.98 bits per heavy atom. The molecule has 11 nitrogen and oxygen atoms in total. The maximum Gasteiger partial charge on any atom is 0.246 e. The summed E-state index contributed by atoms with van der Waals surface area (Å²) in [7, 11) is -3.06. The fourth-order valence-electron chi connectivity index (χ4n) is 7.60. The zero-order chi connectivity index (χ0) is 31.3. The van der Waals surface area contributed by atoms with Gasteiger partial charge in [0.25, 0.3) is 0 Å². The molecular formula is C33H41N7O4S. The van der Waals surface area contributed by atoms with Gasteiger partial charge < -0.3 is 24.8 Å². The van der Waals surface area contributed by atoms with Gasteiger partial charge in [-0.25, -0.2) is 18.4 Å². The number of anilines is 4. The molecule has 2 bridgehead atoms. The molecule has 7 rings (SSSR count). The first-order valence-corrected chi connectivity index (χ1v) is 18.0. The molecule has 4 aliphatic heterocycles. The lowest BCUT2D eigenvalue weighted by molar-refractivity contribution is -0.129. The molecule has 1 aromatic carbocycles. The number of rotatable bonds is 8. The Bertz CT molecular complexity index is 1730. The van der Waals surface area contributed by atoms with Gasteiger partial charge in [-0.3, -0.25) is 4.79 Å². The molecule has 0 radical (unpaired) electrons. The van der Waals surface area contributed by atoms with Crippen molar-refractivity contribution in [2.75, 3.05) is 53.4 Å². The van der Waals surface area contributed by atoms with Crippen molar-refractivity contribution in [1.29, 1.82) is 0 Å². The predicted molar refractivity (Wildman–Crippen MR) is 176 cm³/mol. The number of carbonyl (C=O) groups is 1. The maximum atomic E-state index is 12.9. The van der Waals surface area contributed by atoms with Crippen LogP contribution in [-0.4, -0.2) is 90.6 Å². The molecule has 1 N–H and O–H groups in total. The molecule has 5 atom stereocenters. The molecule has 4 aliphatic rings. The van der Waals surface area contributed by atoms with E-state index in [0.717, 1.165) is 60.7 Å². The molecule has 4 fully saturated rings. The van der Waals surface area contributed by atoms with Crippen LogP contribution in [0.3, 0.4) is 0 Å². The quantitative estimate of drug-likeness (QED) is 0.362. The van der Waals surface area contributed by atoms with Crippen LogP contribution in [-0.2, 0) is 19.4 Å². The monoisotopic (exact) mass is 631 g/mol. The minimum absolute atomic E-state index is 0.0606. The summed E-state index contributed by atoms with van der Waals surface area (Å²) >= 11 is 0. The highest BCUT2D eigenvalue weighted by Gasteiger charge is 2.39. The van der Waals surface area contributed by atoms with Gasteiger partial charge in [-0.1, -0.05) is 12.6 Å². The van der Waals surface area contributed by atoms with Crippen LogP contribution in [0.5, 0.6) is 0 Å². The van der Waals surface area contributed by atoms with E-state index in [1.165, 1.54) is 12.3 Å². The van der Waals surface area contributed by atoms with Gasteiger partial charge in [-0.15, -0.1) is 0 Å². The molecule has 45 heavy (non-hydrogen) atoms. The number of piperidine rings is 2. The number of nitrogens with zero attached hydrogens (tertiary/aromatic N) is 6. The molecule has 2 aromatic heterocycles. The number of pyridine rings is 1. The number of sulfone groups is 1. The second kappa shape index (κ2) is 11.9. The minimum atomic E-state index is -3.06. The van der Waals surface area contributed by atoms with Crippen molar-refractivity contribution in [3.05, 3.63) is 54.9 Å². The molecule has 4 saturated heterocycles. The molecule has 0 saturated carbocycles. The van der Waals surface area contributed by atoms with Gasteiger partial charge in [-0.2, -0.15) is 4.98 Å². The van der Waals surface area contributed by atoms with Gasteiger partial charge >= 0.3 is 0 Å². The molecule has 0 aliphatic carbocycles. The lowest BCUT2D eigenvalue weighted by Gasteiger charge is -2.48. The Morgan fingerprint density at radius 1 is 1.11 bits per heavy atom. The molecule has 6 heterocycles. The number of hydrogen-bond donors (Lipinski definition) is 1. The highest BCUT2D eigenvalue weighted by atomic mass is 32.2. The maximum absolute atomic E-state index is 12.9. The van der Waals surface area contributed by atoms with Crippen molar-refractivity contribution in [3.8, 4) is 0 Å². The molecule has 0 unspecified atom stereocenters. The van der Waals surface area contributed by atoms with Crippen LogP contribution in [0.4, 0.5) is 23.3 Å². The summed E-state index contributed by atoms with van der Waals surface area (Å²) in [6, 6.07) is 8.44. The topological polar surface area (TPSA) is 121 Å². The van der Waals surface area contributed by atoms with Crippen molar-refractivity contribution in [1.82, 2.24) is 19.9 Å². The molecular weight excluding hydrogens is 590 g/mol. The zero-order valence-electron chi connectivity index (χ0n) is 25.9. The van der Waals surface area contributed by atoms with Gasteiger partial charge in [0.1, 0.15) is 21.5 Å². The largest absolute Gasteiger partial charge is 0.376 e. The predicted octanol–water partition coefficient (Wildman–Crippen LogP) is 4.24. The fraction of sp³-hybridized carbons (Fsp3) is 0.515. The summed E-state index contributed by atoms with van der Waals surface area (Å²) in [5.41, 5.74) is 2.09. The smallest absolute Gasteiger partial charge is 0.246 e. The zero-order valence-corrected chi connectivity index (χ0v) is 26.7. The number of fused-ring (bicyclic) bond motifs is 3. The van der Waals surface area contributed by atoms with Crippen molar-refractivity contribution in [3.63, 3.8) is 0 Å². The van der Waals surface area contributed by atoms with E-state index in [0.29, 0.717) is 49.4 Å². The summed E-state index contributed by atoms with van der Waals surface area (Å²) in [6.07, 6.45) is 11.6. The summed E-state index contributed by atoms with van der Waals surface area (Å²) in [5.74, 6) is 2.20. The number of carbonyl (C=O) groups excluding carboxylic acids is 1. The Morgan fingerprint density at radius 3 is 2.78 bits per heavy atom. The van der Waals surface area contributed by atoms with Gasteiger partial charge in [0.2, 0.25) is 11.9 Å². The fourth-order valence-corrected chi connectivity index (χ4v) is 8.76. The molecule has 12 heteroatoms. The number of hydrogen-bond acceptors (Lipinski definition) is 10. The summed E-state index contributed by atoms with van der Waals surface area (Å²) in [5, 5.41) is 5.40. The SMILES string of the molecule is C=CC(=O)N1CCCC[C@H]1c1ccc(N2C[C@H](CS(C)(=O)=O)[C@H]2C)c2cnc(Nc3ccnc(N4CC[C@H]5C[C@@H]4CO5)n3)cc12. The van der Waals surface area contributed by atoms with E-state index >= 15 is 0 Å². The van der Waals surface area contributed by atoms with E-state index in [-0.39, 0.29) is 29.7 Å². The summed E-state index contributed by atoms with van der Waals surface area (Å²) in [6.45, 7) is 8.78. The van der Waals surface area contributed by atoms with E-state index < -0.39 is 9.84 Å². The van der Waals surface area contributed by atoms with Crippen LogP contribution in [0.2, 0.25) is 0 Å². The van der Waals surface area contributed by atoms with Crippen molar-refractivity contribution < 1.29 is 17.9 Å². The average molecular weight is 632 g/mol. The van der Waals surface area contributed by atoms with Crippen LogP contribution in [0.1, 0.15) is 50.6 Å². The van der Waals surface area contributed by atoms with E-state index in [2.05, 4.69) is 51.8 Å². The van der Waals surface area contributed by atoms with Gasteiger partial charge in [0.05, 0.1) is 30.5 Å². The Hall–Kier alpha value is -3.77. The Labute approximate surface area is 264 Å². The summed E-state index contributed by atoms with van der Waals surface area (Å²) in [4.78, 5) is 33.6. The number of aromatic nitrogens is 3. The first-order chi connectivity index (χ1) is 21.7. The van der Waals surface area contributed by atoms with Gasteiger partial charge in [0, 0.05) is 61.3 Å². The Kier molecular flexibility index (Phi) is 7.89. The number of likely N-dealkylation sites (tertiary alicyclic amines) is 1. The third-order valence-corrected chi connectivity index (χ3v) is 11.0. The first kappa shape index (κ1) is 29.9. The normalized spacial score (nSPS) is 26.5. The lowest BCUT2D eigenvalue weighted by Crippen LogP contribution is -2.57. The average Bonchev–Trinajstić information content (AvgIpc) is 3.41. The summed E-state index contributed by atoms with van der Waals surface area (Å²) < 4.78 is 29.9. The van der Waals surface area contributed by atoms with Crippen LogP contribution in [0.15, 0.2) is 49.3 Å². The van der Waals surface area contributed by atoms with Crippen LogP contribution in [0.25, 0.3) is 10.8 Å². The van der Waals surface area contributed by atoms with Crippen molar-refractivity contribution in [2.24, 2.45) is 5.92 Å². The van der Waals surface area contributed by atoms with Crippen LogP contribution >= 0.6 is 0 Å². The van der Waals surface area contributed by atoms with E-state index in [9.17, 15) is 13.2 Å². The number of ether oxygens (including phenoxy) is 1. The third kappa shape index (κ3) is 5.85. The number of nitrogens with one attached hydrogen (secondary N) is 1. The standard InChI is InChI=1S/C33H41N7O4S/c1-4-32(41)39-13-6-5-7-28(39)25-8-9-29(40-18-22(21(40)2)20-45(3,42)43)27-17-35-31(16-26(25)27)36-30-10-12-34-33(37-30)38-14-11-24-15-23(38)19-44-24/h4,8-10,12,16-17,21-24,28H,1,5-7,11,13-15,18-20H2,2-3H3,(H,34,35,36,37)/t21-,22-,23-,24+,28+/m1/s1. The highest BCUT2D eigenvalue weighted by molar-refractivity contribution is 7.90. The minimum Gasteiger partial charge on any atom is -0.376 e. The molecule has 1 amide bonds. The highest BCUT2D eigenvalue weighted by Crippen LogP contribution is 2.42. The Balaban J connectivity index is 1.24. The van der Waals surface area contributed by atoms with E-state index in [1.54, 1.807) is 6.20 Å².